The van der Waals surface area contributed by atoms with Crippen LogP contribution in [0.3, 0.4) is 0 Å². The fourth-order valence-corrected chi connectivity index (χ4v) is 2.57. The van der Waals surface area contributed by atoms with E-state index in [4.69, 9.17) is 19.5 Å². The van der Waals surface area contributed by atoms with Crippen molar-refractivity contribution in [3.05, 3.63) is 60.3 Å². The van der Waals surface area contributed by atoms with Gasteiger partial charge >= 0.3 is 0 Å². The topological polar surface area (TPSA) is 69.3 Å². The van der Waals surface area contributed by atoms with Crippen LogP contribution in [0.2, 0.25) is 0 Å². The van der Waals surface area contributed by atoms with Crippen LogP contribution >= 0.6 is 0 Å². The Kier molecular flexibility index (Phi) is 5.40. The molecule has 0 aliphatic heterocycles. The molecule has 0 aliphatic rings. The number of methoxy groups -OCH3 is 1. The number of aromatic nitrogens is 2. The maximum Gasteiger partial charge on any atom is 0.162 e. The Labute approximate surface area is 152 Å². The van der Waals surface area contributed by atoms with Crippen LogP contribution in [0.4, 0.5) is 0 Å². The van der Waals surface area contributed by atoms with Crippen molar-refractivity contribution in [3.8, 4) is 34.6 Å². The number of benzene rings is 2. The molecule has 0 unspecified atom stereocenters. The highest BCUT2D eigenvalue weighted by molar-refractivity contribution is 5.61. The number of hydrogen-bond acceptors (Lipinski definition) is 5. The monoisotopic (exact) mass is 349 g/mol. The first-order valence-electron chi connectivity index (χ1n) is 8.13. The van der Waals surface area contributed by atoms with E-state index in [-0.39, 0.29) is 0 Å². The zero-order valence-corrected chi connectivity index (χ0v) is 14.7. The molecule has 0 amide bonds. The summed E-state index contributed by atoms with van der Waals surface area (Å²) in [6.45, 7) is 0.746. The molecular weight excluding hydrogens is 330 g/mol. The summed E-state index contributed by atoms with van der Waals surface area (Å²) in [5, 5.41) is 13.1. The maximum atomic E-state index is 8.92. The molecule has 0 N–H and O–H groups in total. The number of ether oxygens (including phenoxy) is 3. The van der Waals surface area contributed by atoms with Gasteiger partial charge in [-0.2, -0.15) is 10.4 Å². The average Bonchev–Trinajstić information content (AvgIpc) is 3.11. The second-order valence-corrected chi connectivity index (χ2v) is 5.54. The molecule has 0 spiro atoms. The van der Waals surface area contributed by atoms with Gasteiger partial charge in [-0.25, -0.2) is 0 Å². The SMILES string of the molecule is COc1cc(C#N)ccc1OCCOc1cccc(-c2ccnn2C)c1. The molecule has 26 heavy (non-hydrogen) atoms. The standard InChI is InChI=1S/C20H19N3O3/c1-23-18(8-9-22-23)16-4-3-5-17(13-16)25-10-11-26-19-7-6-15(14-21)12-20(19)24-2/h3-9,12-13H,10-11H2,1-2H3. The molecule has 3 rings (SSSR count). The lowest BCUT2D eigenvalue weighted by Crippen LogP contribution is -2.09. The summed E-state index contributed by atoms with van der Waals surface area (Å²) >= 11 is 0. The normalized spacial score (nSPS) is 10.2. The fraction of sp³-hybridized carbons (Fsp3) is 0.200. The molecule has 0 bridgehead atoms. The summed E-state index contributed by atoms with van der Waals surface area (Å²) in [6, 6.07) is 16.9. The quantitative estimate of drug-likeness (QED) is 0.611. The van der Waals surface area contributed by atoms with Gasteiger partial charge in [-0.05, 0) is 30.3 Å². The van der Waals surface area contributed by atoms with Crippen LogP contribution < -0.4 is 14.2 Å². The van der Waals surface area contributed by atoms with Gasteiger partial charge in [-0.1, -0.05) is 12.1 Å². The molecule has 3 aromatic rings. The number of hydrogen-bond donors (Lipinski definition) is 0. The van der Waals surface area contributed by atoms with Crippen LogP contribution in [0.5, 0.6) is 17.2 Å². The molecule has 6 nitrogen and oxygen atoms in total. The van der Waals surface area contributed by atoms with Gasteiger partial charge in [0.2, 0.25) is 0 Å². The Bertz CT molecular complexity index is 928. The van der Waals surface area contributed by atoms with E-state index in [1.54, 1.807) is 31.5 Å². The largest absolute Gasteiger partial charge is 0.493 e. The minimum Gasteiger partial charge on any atom is -0.493 e. The summed E-state index contributed by atoms with van der Waals surface area (Å²) in [5.74, 6) is 1.88. The van der Waals surface area contributed by atoms with Crippen molar-refractivity contribution in [3.63, 3.8) is 0 Å². The van der Waals surface area contributed by atoms with Gasteiger partial charge in [0.25, 0.3) is 0 Å². The Hall–Kier alpha value is -3.46. The van der Waals surface area contributed by atoms with Crippen LogP contribution in [-0.2, 0) is 7.05 Å². The molecule has 0 fully saturated rings. The molecule has 2 aromatic carbocycles. The average molecular weight is 349 g/mol. The van der Waals surface area contributed by atoms with Crippen molar-refractivity contribution in [1.29, 1.82) is 5.26 Å². The first-order chi connectivity index (χ1) is 12.7. The van der Waals surface area contributed by atoms with Crippen molar-refractivity contribution >= 4 is 0 Å². The lowest BCUT2D eigenvalue weighted by Gasteiger charge is -2.12. The van der Waals surface area contributed by atoms with Crippen LogP contribution in [0.15, 0.2) is 54.7 Å². The Balaban J connectivity index is 1.58. The molecule has 0 saturated heterocycles. The maximum absolute atomic E-state index is 8.92. The number of nitrogens with zero attached hydrogens (tertiary/aromatic N) is 3. The van der Waals surface area contributed by atoms with Gasteiger partial charge in [0, 0.05) is 24.9 Å². The molecule has 1 heterocycles. The molecule has 6 heteroatoms. The highest BCUT2D eigenvalue weighted by Gasteiger charge is 2.07. The molecule has 1 aromatic heterocycles. The predicted octanol–water partition coefficient (Wildman–Crippen LogP) is 3.43. The minimum atomic E-state index is 0.359. The summed E-state index contributed by atoms with van der Waals surface area (Å²) in [5.41, 5.74) is 2.59. The van der Waals surface area contributed by atoms with Crippen LogP contribution in [0.25, 0.3) is 11.3 Å². The Morgan fingerprint density at radius 3 is 2.62 bits per heavy atom. The summed E-state index contributed by atoms with van der Waals surface area (Å²) < 4.78 is 18.5. The number of nitriles is 1. The smallest absolute Gasteiger partial charge is 0.162 e. The van der Waals surface area contributed by atoms with Crippen molar-refractivity contribution < 1.29 is 14.2 Å². The summed E-state index contributed by atoms with van der Waals surface area (Å²) in [7, 11) is 3.45. The van der Waals surface area contributed by atoms with Crippen molar-refractivity contribution in [2.24, 2.45) is 7.05 Å². The lowest BCUT2D eigenvalue weighted by atomic mass is 10.1. The van der Waals surface area contributed by atoms with Crippen LogP contribution in [0.1, 0.15) is 5.56 Å². The van der Waals surface area contributed by atoms with Crippen LogP contribution in [0, 0.1) is 11.3 Å². The predicted molar refractivity (Wildman–Crippen MR) is 97.3 cm³/mol. The zero-order valence-electron chi connectivity index (χ0n) is 14.7. The zero-order chi connectivity index (χ0) is 18.4. The van der Waals surface area contributed by atoms with Gasteiger partial charge in [-0.15, -0.1) is 0 Å². The second-order valence-electron chi connectivity index (χ2n) is 5.54. The molecule has 132 valence electrons. The minimum absolute atomic E-state index is 0.359. The van der Waals surface area contributed by atoms with E-state index in [1.807, 2.05) is 42.1 Å². The first-order valence-corrected chi connectivity index (χ1v) is 8.13. The number of rotatable bonds is 7. The Morgan fingerprint density at radius 2 is 1.88 bits per heavy atom. The molecule has 0 saturated carbocycles. The van der Waals surface area contributed by atoms with Crippen molar-refractivity contribution in [1.82, 2.24) is 9.78 Å². The summed E-state index contributed by atoms with van der Waals surface area (Å²) in [6.07, 6.45) is 1.77. The van der Waals surface area contributed by atoms with E-state index in [2.05, 4.69) is 11.2 Å². The van der Waals surface area contributed by atoms with E-state index in [9.17, 15) is 0 Å². The number of aryl methyl sites for hydroxylation is 1. The highest BCUT2D eigenvalue weighted by atomic mass is 16.5. The van der Waals surface area contributed by atoms with E-state index < -0.39 is 0 Å². The summed E-state index contributed by atoms with van der Waals surface area (Å²) in [4.78, 5) is 0. The molecule has 0 aliphatic carbocycles. The first kappa shape index (κ1) is 17.4. The lowest BCUT2D eigenvalue weighted by molar-refractivity contribution is 0.211. The van der Waals surface area contributed by atoms with Gasteiger partial charge in [0.15, 0.2) is 11.5 Å². The third-order valence-electron chi connectivity index (χ3n) is 3.85. The Morgan fingerprint density at radius 1 is 1.04 bits per heavy atom. The van der Waals surface area contributed by atoms with Gasteiger partial charge < -0.3 is 14.2 Å². The third-order valence-corrected chi connectivity index (χ3v) is 3.85. The van der Waals surface area contributed by atoms with E-state index in [0.717, 1.165) is 17.0 Å². The van der Waals surface area contributed by atoms with Gasteiger partial charge in [0.05, 0.1) is 24.4 Å². The van der Waals surface area contributed by atoms with E-state index in [0.29, 0.717) is 30.3 Å². The fourth-order valence-electron chi connectivity index (χ4n) is 2.57. The molecule has 0 radical (unpaired) electrons. The second kappa shape index (κ2) is 8.08. The molecule has 0 atom stereocenters. The van der Waals surface area contributed by atoms with Gasteiger partial charge in [0.1, 0.15) is 19.0 Å². The van der Waals surface area contributed by atoms with Crippen molar-refractivity contribution in [2.45, 2.75) is 0 Å². The van der Waals surface area contributed by atoms with Crippen LogP contribution in [-0.4, -0.2) is 30.1 Å². The van der Waals surface area contributed by atoms with Crippen molar-refractivity contribution in [2.75, 3.05) is 20.3 Å². The van der Waals surface area contributed by atoms with Gasteiger partial charge in [-0.3, -0.25) is 4.68 Å². The van der Waals surface area contributed by atoms with E-state index >= 15 is 0 Å². The van der Waals surface area contributed by atoms with E-state index in [1.165, 1.54) is 0 Å². The molecular formula is C20H19N3O3. The third kappa shape index (κ3) is 3.95. The highest BCUT2D eigenvalue weighted by Crippen LogP contribution is 2.28.